The van der Waals surface area contributed by atoms with E-state index >= 15 is 0 Å². The number of Topliss-reactive ketones (excluding diaryl/α,β-unsaturated/α-hetero) is 1. The first-order chi connectivity index (χ1) is 13.3. The van der Waals surface area contributed by atoms with Gasteiger partial charge in [-0.25, -0.2) is 14.3 Å². The Morgan fingerprint density at radius 1 is 1.25 bits per heavy atom. The van der Waals surface area contributed by atoms with Crippen LogP contribution in [0.3, 0.4) is 0 Å². The lowest BCUT2D eigenvalue weighted by atomic mass is 10.2. The topological polar surface area (TPSA) is 159 Å². The van der Waals surface area contributed by atoms with Crippen molar-refractivity contribution in [3.05, 3.63) is 30.1 Å². The maximum Gasteiger partial charge on any atom is 0.348 e. The monoisotopic (exact) mass is 410 g/mol. The Kier molecular flexibility index (Phi) is 5.09. The molecule has 2 aromatic rings. The van der Waals surface area contributed by atoms with Crippen LogP contribution in [0.15, 0.2) is 24.4 Å². The predicted molar refractivity (Wildman–Crippen MR) is 97.0 cm³/mol. The molecule has 0 spiro atoms. The minimum Gasteiger partial charge on any atom is -0.481 e. The fourth-order valence-electron chi connectivity index (χ4n) is 2.40. The molecule has 0 bridgehead atoms. The van der Waals surface area contributed by atoms with Gasteiger partial charge in [-0.15, -0.1) is 4.31 Å². The molecule has 0 saturated heterocycles. The summed E-state index contributed by atoms with van der Waals surface area (Å²) in [5.41, 5.74) is 5.39. The van der Waals surface area contributed by atoms with Crippen LogP contribution in [-0.4, -0.2) is 49.1 Å². The van der Waals surface area contributed by atoms with E-state index in [0.29, 0.717) is 0 Å². The number of amides is 2. The van der Waals surface area contributed by atoms with Gasteiger partial charge in [-0.1, -0.05) is 0 Å². The molecule has 3 N–H and O–H groups in total. The van der Waals surface area contributed by atoms with Gasteiger partial charge in [0.15, 0.2) is 5.78 Å². The normalized spacial score (nSPS) is 13.6. The van der Waals surface area contributed by atoms with E-state index in [2.05, 4.69) is 14.8 Å². The summed E-state index contributed by atoms with van der Waals surface area (Å²) in [5, 5.41) is 0. The van der Waals surface area contributed by atoms with Crippen molar-refractivity contribution in [1.29, 1.82) is 0 Å². The van der Waals surface area contributed by atoms with Crippen molar-refractivity contribution in [3.63, 3.8) is 0 Å². The van der Waals surface area contributed by atoms with Crippen LogP contribution in [0.1, 0.15) is 23.3 Å². The van der Waals surface area contributed by atoms with Crippen LogP contribution in [-0.2, 0) is 10.2 Å². The minimum atomic E-state index is -4.63. The fourth-order valence-corrected chi connectivity index (χ4v) is 3.42. The summed E-state index contributed by atoms with van der Waals surface area (Å²) in [6.45, 7) is 0. The average molecular weight is 410 g/mol. The van der Waals surface area contributed by atoms with Gasteiger partial charge in [-0.05, 0) is 25.0 Å². The molecule has 0 aliphatic heterocycles. The van der Waals surface area contributed by atoms with Crippen molar-refractivity contribution in [3.8, 4) is 11.8 Å². The Morgan fingerprint density at radius 3 is 2.36 bits per heavy atom. The van der Waals surface area contributed by atoms with Gasteiger partial charge in [-0.3, -0.25) is 4.79 Å². The number of urea groups is 1. The van der Waals surface area contributed by atoms with Gasteiger partial charge in [0, 0.05) is 12.1 Å². The SMILES string of the molecule is COc1cc(OC)nc(N(C(N)=O)S(=O)(=O)Nn2cccc2C(=O)C2CC2)n1. The number of carbonyl (C=O) groups is 2. The smallest absolute Gasteiger partial charge is 0.348 e. The first-order valence-corrected chi connectivity index (χ1v) is 9.52. The van der Waals surface area contributed by atoms with E-state index in [-0.39, 0.29) is 33.5 Å². The molecule has 1 aliphatic rings. The molecule has 1 fully saturated rings. The lowest BCUT2D eigenvalue weighted by Crippen LogP contribution is -2.47. The Bertz CT molecular complexity index is 994. The lowest BCUT2D eigenvalue weighted by Gasteiger charge is -2.21. The Morgan fingerprint density at radius 2 is 1.86 bits per heavy atom. The first-order valence-electron chi connectivity index (χ1n) is 8.08. The quantitative estimate of drug-likeness (QED) is 0.586. The molecule has 0 aromatic carbocycles. The van der Waals surface area contributed by atoms with Crippen molar-refractivity contribution in [2.24, 2.45) is 11.7 Å². The molecule has 3 rings (SSSR count). The summed E-state index contributed by atoms with van der Waals surface area (Å²) in [6.07, 6.45) is 2.84. The third kappa shape index (κ3) is 3.83. The molecule has 28 heavy (non-hydrogen) atoms. The largest absolute Gasteiger partial charge is 0.481 e. The zero-order valence-corrected chi connectivity index (χ0v) is 15.8. The highest BCUT2D eigenvalue weighted by Gasteiger charge is 2.35. The molecular formula is C15H18N6O6S. The molecule has 0 radical (unpaired) electrons. The second-order valence-corrected chi connectivity index (χ2v) is 7.35. The van der Waals surface area contributed by atoms with Gasteiger partial charge in [0.25, 0.3) is 5.95 Å². The number of carbonyl (C=O) groups excluding carboxylic acids is 2. The number of methoxy groups -OCH3 is 2. The Hall–Kier alpha value is -3.35. The lowest BCUT2D eigenvalue weighted by molar-refractivity contribution is 0.0960. The van der Waals surface area contributed by atoms with Gasteiger partial charge in [-0.2, -0.15) is 18.4 Å². The van der Waals surface area contributed by atoms with Crippen molar-refractivity contribution in [2.75, 3.05) is 23.4 Å². The maximum absolute atomic E-state index is 12.8. The number of nitrogens with two attached hydrogens (primary N) is 1. The summed E-state index contributed by atoms with van der Waals surface area (Å²) in [4.78, 5) is 34.0. The molecule has 0 atom stereocenters. The molecule has 12 nitrogen and oxygen atoms in total. The van der Waals surface area contributed by atoms with Crippen LogP contribution in [0.2, 0.25) is 0 Å². The summed E-state index contributed by atoms with van der Waals surface area (Å²) in [5.74, 6) is -1.00. The van der Waals surface area contributed by atoms with E-state index in [1.165, 1.54) is 38.6 Å². The third-order valence-corrected chi connectivity index (χ3v) is 5.12. The van der Waals surface area contributed by atoms with Crippen molar-refractivity contribution < 1.29 is 27.5 Å². The number of rotatable bonds is 8. The number of primary amides is 1. The van der Waals surface area contributed by atoms with Crippen molar-refractivity contribution >= 4 is 28.0 Å². The summed E-state index contributed by atoms with van der Waals surface area (Å²) in [6, 6.07) is 2.90. The van der Waals surface area contributed by atoms with Crippen LogP contribution in [0.25, 0.3) is 0 Å². The van der Waals surface area contributed by atoms with Gasteiger partial charge in [0.2, 0.25) is 11.8 Å². The van der Waals surface area contributed by atoms with Gasteiger partial charge >= 0.3 is 16.2 Å². The molecule has 0 unspecified atom stereocenters. The van der Waals surface area contributed by atoms with Crippen LogP contribution >= 0.6 is 0 Å². The molecular weight excluding hydrogens is 392 g/mol. The number of nitrogens with zero attached hydrogens (tertiary/aromatic N) is 4. The van der Waals surface area contributed by atoms with E-state index in [0.717, 1.165) is 17.5 Å². The van der Waals surface area contributed by atoms with Crippen molar-refractivity contribution in [2.45, 2.75) is 12.8 Å². The van der Waals surface area contributed by atoms with Crippen LogP contribution < -0.4 is 24.3 Å². The zero-order chi connectivity index (χ0) is 20.5. The predicted octanol–water partition coefficient (Wildman–Crippen LogP) is 0.262. The molecule has 2 amide bonds. The zero-order valence-electron chi connectivity index (χ0n) is 15.0. The molecule has 150 valence electrons. The number of ketones is 1. The second kappa shape index (κ2) is 7.34. The second-order valence-electron chi connectivity index (χ2n) is 5.85. The maximum atomic E-state index is 12.8. The van der Waals surface area contributed by atoms with Gasteiger partial charge < -0.3 is 15.2 Å². The summed E-state index contributed by atoms with van der Waals surface area (Å²) in [7, 11) is -2.04. The van der Waals surface area contributed by atoms with Gasteiger partial charge in [0.1, 0.15) is 5.69 Å². The van der Waals surface area contributed by atoms with E-state index in [4.69, 9.17) is 15.2 Å². The van der Waals surface area contributed by atoms with Crippen molar-refractivity contribution in [1.82, 2.24) is 14.6 Å². The highest BCUT2D eigenvalue weighted by atomic mass is 32.2. The summed E-state index contributed by atoms with van der Waals surface area (Å²) < 4.78 is 36.7. The number of ether oxygens (including phenoxy) is 2. The fraction of sp³-hybridized carbons (Fsp3) is 0.333. The minimum absolute atomic E-state index is 0.0473. The molecule has 1 aliphatic carbocycles. The van der Waals surface area contributed by atoms with E-state index in [9.17, 15) is 18.0 Å². The molecule has 13 heteroatoms. The van der Waals surface area contributed by atoms with Crippen LogP contribution in [0.4, 0.5) is 10.7 Å². The summed E-state index contributed by atoms with van der Waals surface area (Å²) >= 11 is 0. The number of aromatic nitrogens is 3. The first kappa shape index (κ1) is 19.4. The number of nitrogens with one attached hydrogen (secondary N) is 1. The van der Waals surface area contributed by atoms with Crippen LogP contribution in [0.5, 0.6) is 11.8 Å². The Labute approximate surface area is 160 Å². The van der Waals surface area contributed by atoms with E-state index in [1.807, 2.05) is 0 Å². The van der Waals surface area contributed by atoms with E-state index < -0.39 is 22.2 Å². The molecule has 2 heterocycles. The standard InChI is InChI=1S/C15H18N6O6S/c1-26-11-8-12(27-2)18-15(17-11)21(14(16)23)28(24,25)19-20-7-3-4-10(20)13(22)9-5-6-9/h3-4,7-9,19H,5-6H2,1-2H3,(H2,16,23). The molecule has 2 aromatic heterocycles. The van der Waals surface area contributed by atoms with Crippen LogP contribution in [0, 0.1) is 5.92 Å². The van der Waals surface area contributed by atoms with E-state index in [1.54, 1.807) is 0 Å². The Balaban J connectivity index is 1.97. The highest BCUT2D eigenvalue weighted by molar-refractivity contribution is 7.94. The number of hydrogen-bond acceptors (Lipinski definition) is 8. The number of anilines is 1. The average Bonchev–Trinajstić information content (AvgIpc) is 3.40. The third-order valence-electron chi connectivity index (χ3n) is 3.87. The highest BCUT2D eigenvalue weighted by Crippen LogP contribution is 2.32. The number of hydrogen-bond donors (Lipinski definition) is 2. The molecule has 1 saturated carbocycles. The van der Waals surface area contributed by atoms with Gasteiger partial charge in [0.05, 0.1) is 20.3 Å².